The highest BCUT2D eigenvalue weighted by molar-refractivity contribution is 6.34. The summed E-state index contributed by atoms with van der Waals surface area (Å²) in [5, 5.41) is 9.27. The van der Waals surface area contributed by atoms with Gasteiger partial charge in [0.1, 0.15) is 0 Å². The number of nitrogens with zero attached hydrogens (tertiary/aromatic N) is 3. The highest BCUT2D eigenvalue weighted by atomic mass is 16.3. The zero-order valence-corrected chi connectivity index (χ0v) is 15.0. The summed E-state index contributed by atoms with van der Waals surface area (Å²) < 4.78 is 0. The third-order valence-corrected chi connectivity index (χ3v) is 4.15. The topological polar surface area (TPSA) is 73.7 Å². The molecule has 1 aromatic carbocycles. The molecule has 0 bridgehead atoms. The molecule has 2 aromatic rings. The Morgan fingerprint density at radius 1 is 0.923 bits per heavy atom. The van der Waals surface area contributed by atoms with Gasteiger partial charge in [-0.1, -0.05) is 30.3 Å². The first-order valence-corrected chi connectivity index (χ1v) is 8.77. The van der Waals surface area contributed by atoms with E-state index in [-0.39, 0.29) is 13.2 Å². The Balaban J connectivity index is 2.01. The van der Waals surface area contributed by atoms with Gasteiger partial charge in [0.2, 0.25) is 0 Å². The number of carbonyl (C=O) groups is 2. The predicted molar refractivity (Wildman–Crippen MR) is 99.1 cm³/mol. The lowest BCUT2D eigenvalue weighted by Gasteiger charge is -2.26. The molecule has 0 atom stereocenters. The normalized spacial score (nSPS) is 10.4. The molecule has 26 heavy (non-hydrogen) atoms. The summed E-state index contributed by atoms with van der Waals surface area (Å²) >= 11 is 0. The molecule has 0 aliphatic carbocycles. The predicted octanol–water partition coefficient (Wildman–Crippen LogP) is 1.49. The summed E-state index contributed by atoms with van der Waals surface area (Å²) in [5.74, 6) is -1.12. The summed E-state index contributed by atoms with van der Waals surface area (Å²) in [7, 11) is 0. The van der Waals surface area contributed by atoms with Crippen LogP contribution >= 0.6 is 0 Å². The van der Waals surface area contributed by atoms with Gasteiger partial charge < -0.3 is 14.9 Å². The van der Waals surface area contributed by atoms with Gasteiger partial charge in [0.05, 0.1) is 6.61 Å². The van der Waals surface area contributed by atoms with Crippen molar-refractivity contribution in [1.82, 2.24) is 14.8 Å². The third kappa shape index (κ3) is 5.67. The summed E-state index contributed by atoms with van der Waals surface area (Å²) in [5.41, 5.74) is 1.98. The van der Waals surface area contributed by atoms with Crippen LogP contribution in [0.3, 0.4) is 0 Å². The van der Waals surface area contributed by atoms with Crippen molar-refractivity contribution in [2.45, 2.75) is 19.9 Å². The zero-order valence-electron chi connectivity index (χ0n) is 15.0. The van der Waals surface area contributed by atoms with Crippen LogP contribution in [-0.2, 0) is 22.6 Å². The van der Waals surface area contributed by atoms with Crippen molar-refractivity contribution in [2.24, 2.45) is 0 Å². The smallest absolute Gasteiger partial charge is 0.312 e. The van der Waals surface area contributed by atoms with E-state index in [4.69, 9.17) is 0 Å². The van der Waals surface area contributed by atoms with Crippen molar-refractivity contribution < 1.29 is 14.7 Å². The van der Waals surface area contributed by atoms with E-state index >= 15 is 0 Å². The largest absolute Gasteiger partial charge is 0.395 e. The van der Waals surface area contributed by atoms with Crippen molar-refractivity contribution in [3.05, 3.63) is 66.0 Å². The maximum atomic E-state index is 12.7. The number of pyridine rings is 1. The van der Waals surface area contributed by atoms with Crippen LogP contribution in [0.1, 0.15) is 18.1 Å². The fourth-order valence-electron chi connectivity index (χ4n) is 2.66. The number of hydrogen-bond donors (Lipinski definition) is 1. The van der Waals surface area contributed by atoms with Crippen molar-refractivity contribution in [3.63, 3.8) is 0 Å². The highest BCUT2D eigenvalue weighted by Gasteiger charge is 2.26. The molecular formula is C20H25N3O3. The molecule has 0 spiro atoms. The fourth-order valence-corrected chi connectivity index (χ4v) is 2.66. The van der Waals surface area contributed by atoms with Crippen LogP contribution in [0.15, 0.2) is 54.9 Å². The maximum Gasteiger partial charge on any atom is 0.312 e. The van der Waals surface area contributed by atoms with Gasteiger partial charge in [0, 0.05) is 38.6 Å². The minimum atomic E-state index is -0.584. The van der Waals surface area contributed by atoms with Gasteiger partial charge in [-0.25, -0.2) is 0 Å². The molecule has 0 fully saturated rings. The number of aliphatic hydroxyl groups excluding tert-OH is 1. The Hall–Kier alpha value is -2.73. The lowest BCUT2D eigenvalue weighted by Crippen LogP contribution is -2.46. The molecule has 0 aliphatic heterocycles. The molecule has 0 saturated heterocycles. The number of amides is 2. The van der Waals surface area contributed by atoms with E-state index in [1.54, 1.807) is 12.4 Å². The Bertz CT molecular complexity index is 692. The van der Waals surface area contributed by atoms with E-state index in [1.165, 1.54) is 9.80 Å². The second kappa shape index (κ2) is 10.3. The molecule has 1 aromatic heterocycles. The molecule has 138 valence electrons. The average molecular weight is 355 g/mol. The minimum absolute atomic E-state index is 0.126. The van der Waals surface area contributed by atoms with E-state index in [0.717, 1.165) is 11.1 Å². The van der Waals surface area contributed by atoms with Gasteiger partial charge >= 0.3 is 11.8 Å². The van der Waals surface area contributed by atoms with Crippen molar-refractivity contribution in [1.29, 1.82) is 0 Å². The SMILES string of the molecule is CCN(CCc1ccncc1)C(=O)C(=O)N(CCO)Cc1ccccc1. The molecule has 2 amide bonds. The first kappa shape index (κ1) is 19.6. The first-order chi connectivity index (χ1) is 12.7. The molecule has 0 aliphatic rings. The first-order valence-electron chi connectivity index (χ1n) is 8.77. The number of carbonyl (C=O) groups excluding carboxylic acids is 2. The van der Waals surface area contributed by atoms with Crippen LogP contribution in [0.5, 0.6) is 0 Å². The summed E-state index contributed by atoms with van der Waals surface area (Å²) in [6.07, 6.45) is 4.08. The molecule has 0 radical (unpaired) electrons. The minimum Gasteiger partial charge on any atom is -0.395 e. The van der Waals surface area contributed by atoms with Gasteiger partial charge in [0.25, 0.3) is 0 Å². The lowest BCUT2D eigenvalue weighted by molar-refractivity contribution is -0.152. The van der Waals surface area contributed by atoms with Crippen molar-refractivity contribution >= 4 is 11.8 Å². The van der Waals surface area contributed by atoms with Gasteiger partial charge in [-0.2, -0.15) is 0 Å². The summed E-state index contributed by atoms with van der Waals surface area (Å²) in [4.78, 5) is 32.2. The Labute approximate surface area is 154 Å². The van der Waals surface area contributed by atoms with Gasteiger partial charge in [0.15, 0.2) is 0 Å². The molecule has 6 nitrogen and oxygen atoms in total. The van der Waals surface area contributed by atoms with Crippen LogP contribution in [-0.4, -0.2) is 57.9 Å². The van der Waals surface area contributed by atoms with Gasteiger partial charge in [-0.05, 0) is 36.6 Å². The molecule has 1 N–H and O–H groups in total. The van der Waals surface area contributed by atoms with Crippen LogP contribution in [0.2, 0.25) is 0 Å². The van der Waals surface area contributed by atoms with Crippen molar-refractivity contribution in [2.75, 3.05) is 26.2 Å². The van der Waals surface area contributed by atoms with E-state index in [1.807, 2.05) is 49.4 Å². The standard InChI is InChI=1S/C20H25N3O3/c1-2-22(13-10-17-8-11-21-12-9-17)19(25)20(26)23(14-15-24)16-18-6-4-3-5-7-18/h3-9,11-12,24H,2,10,13-16H2,1H3. The van der Waals surface area contributed by atoms with Gasteiger partial charge in [-0.3, -0.25) is 14.6 Å². The van der Waals surface area contributed by atoms with Crippen LogP contribution < -0.4 is 0 Å². The quantitative estimate of drug-likeness (QED) is 0.728. The van der Waals surface area contributed by atoms with Gasteiger partial charge in [-0.15, -0.1) is 0 Å². The molecule has 0 unspecified atom stereocenters. The van der Waals surface area contributed by atoms with Crippen molar-refractivity contribution in [3.8, 4) is 0 Å². The third-order valence-electron chi connectivity index (χ3n) is 4.15. The monoisotopic (exact) mass is 355 g/mol. The Morgan fingerprint density at radius 2 is 1.58 bits per heavy atom. The molecule has 6 heteroatoms. The second-order valence-corrected chi connectivity index (χ2v) is 5.93. The zero-order chi connectivity index (χ0) is 18.8. The summed E-state index contributed by atoms with van der Waals surface area (Å²) in [6, 6.07) is 13.2. The van der Waals surface area contributed by atoms with E-state index in [0.29, 0.717) is 26.1 Å². The second-order valence-electron chi connectivity index (χ2n) is 5.93. The number of hydrogen-bond acceptors (Lipinski definition) is 4. The van der Waals surface area contributed by atoms with Crippen LogP contribution in [0, 0.1) is 0 Å². The molecule has 1 heterocycles. The number of aromatic nitrogens is 1. The number of aliphatic hydroxyl groups is 1. The molecule has 2 rings (SSSR count). The number of benzene rings is 1. The van der Waals surface area contributed by atoms with E-state index in [9.17, 15) is 14.7 Å². The molecular weight excluding hydrogens is 330 g/mol. The van der Waals surface area contributed by atoms with Crippen LogP contribution in [0.4, 0.5) is 0 Å². The lowest BCUT2D eigenvalue weighted by atomic mass is 10.2. The average Bonchev–Trinajstić information content (AvgIpc) is 2.69. The number of rotatable bonds is 8. The maximum absolute atomic E-state index is 12.7. The van der Waals surface area contributed by atoms with Crippen LogP contribution in [0.25, 0.3) is 0 Å². The van der Waals surface area contributed by atoms with E-state index < -0.39 is 11.8 Å². The number of likely N-dealkylation sites (N-methyl/N-ethyl adjacent to an activating group) is 1. The van der Waals surface area contributed by atoms with E-state index in [2.05, 4.69) is 4.98 Å². The Morgan fingerprint density at radius 3 is 2.19 bits per heavy atom. The summed E-state index contributed by atoms with van der Waals surface area (Å²) in [6.45, 7) is 3.01. The molecule has 0 saturated carbocycles. The fraction of sp³-hybridized carbons (Fsp3) is 0.350. The Kier molecular flexibility index (Phi) is 7.76. The highest BCUT2D eigenvalue weighted by Crippen LogP contribution is 2.07.